The molecule has 0 amide bonds. The Bertz CT molecular complexity index is 739. The second kappa shape index (κ2) is 4.13. The summed E-state index contributed by atoms with van der Waals surface area (Å²) in [5.74, 6) is -1.32. The molecule has 6 heteroatoms. The highest BCUT2D eigenvalue weighted by Gasteiger charge is 2.11. The van der Waals surface area contributed by atoms with Gasteiger partial charge in [0.2, 0.25) is 0 Å². The predicted molar refractivity (Wildman–Crippen MR) is 66.0 cm³/mol. The molecule has 2 heterocycles. The minimum Gasteiger partial charge on any atom is -0.281 e. The van der Waals surface area contributed by atoms with Crippen molar-refractivity contribution >= 4 is 21.6 Å². The van der Waals surface area contributed by atoms with E-state index in [-0.39, 0.29) is 0 Å². The molecule has 0 atom stereocenters. The van der Waals surface area contributed by atoms with E-state index in [1.54, 1.807) is 10.6 Å². The van der Waals surface area contributed by atoms with Gasteiger partial charge >= 0.3 is 0 Å². The number of pyridine rings is 1. The van der Waals surface area contributed by atoms with Gasteiger partial charge in [-0.2, -0.15) is 0 Å². The van der Waals surface area contributed by atoms with Crippen LogP contribution in [0, 0.1) is 11.6 Å². The molecule has 90 valence electrons. The molecule has 0 saturated carbocycles. The zero-order valence-electron chi connectivity index (χ0n) is 8.94. The Morgan fingerprint density at radius 3 is 2.67 bits per heavy atom. The second-order valence-electron chi connectivity index (χ2n) is 3.70. The molecule has 0 radical (unpaired) electrons. The van der Waals surface area contributed by atoms with E-state index in [4.69, 9.17) is 0 Å². The van der Waals surface area contributed by atoms with Crippen molar-refractivity contribution in [2.24, 2.45) is 0 Å². The molecule has 0 N–H and O–H groups in total. The van der Waals surface area contributed by atoms with Crippen LogP contribution < -0.4 is 0 Å². The summed E-state index contributed by atoms with van der Waals surface area (Å²) >= 11 is 3.35. The largest absolute Gasteiger partial charge is 0.281 e. The Hall–Kier alpha value is -1.82. The van der Waals surface area contributed by atoms with Crippen LogP contribution in [-0.4, -0.2) is 14.6 Å². The molecule has 0 unspecified atom stereocenters. The van der Waals surface area contributed by atoms with Crippen LogP contribution in [0.4, 0.5) is 8.78 Å². The van der Waals surface area contributed by atoms with E-state index in [2.05, 4.69) is 26.1 Å². The highest BCUT2D eigenvalue weighted by Crippen LogP contribution is 2.23. The fraction of sp³-hybridized carbons (Fsp3) is 0. The van der Waals surface area contributed by atoms with Gasteiger partial charge in [0.25, 0.3) is 0 Å². The molecule has 3 aromatic rings. The maximum Gasteiger partial charge on any atom is 0.175 e. The Balaban J connectivity index is 2.25. The highest BCUT2D eigenvalue weighted by atomic mass is 79.9. The Kier molecular flexibility index (Phi) is 2.59. The summed E-state index contributed by atoms with van der Waals surface area (Å²) in [7, 11) is 0. The van der Waals surface area contributed by atoms with Gasteiger partial charge in [-0.05, 0) is 46.3 Å². The van der Waals surface area contributed by atoms with E-state index in [1.807, 2.05) is 12.1 Å². The first-order valence-electron chi connectivity index (χ1n) is 5.11. The van der Waals surface area contributed by atoms with Crippen LogP contribution in [0.3, 0.4) is 0 Å². The first kappa shape index (κ1) is 11.3. The third-order valence-electron chi connectivity index (χ3n) is 2.56. The molecule has 0 saturated heterocycles. The number of nitrogens with zero attached hydrogens (tertiary/aromatic N) is 3. The van der Waals surface area contributed by atoms with Crippen molar-refractivity contribution < 1.29 is 8.78 Å². The van der Waals surface area contributed by atoms with Crippen LogP contribution >= 0.6 is 15.9 Å². The second-order valence-corrected chi connectivity index (χ2v) is 4.56. The average Bonchev–Trinajstić information content (AvgIpc) is 2.78. The zero-order chi connectivity index (χ0) is 12.7. The summed E-state index contributed by atoms with van der Waals surface area (Å²) in [4.78, 5) is 0. The standard InChI is InChI=1S/C12H6BrF2N3/c13-8-2-1-5-18-11(16-17-12(8)18)7-3-4-9(14)10(15)6-7/h1-6H. The first-order valence-corrected chi connectivity index (χ1v) is 5.91. The van der Waals surface area contributed by atoms with Gasteiger partial charge in [-0.25, -0.2) is 8.78 Å². The fourth-order valence-corrected chi connectivity index (χ4v) is 2.14. The molecule has 18 heavy (non-hydrogen) atoms. The lowest BCUT2D eigenvalue weighted by molar-refractivity contribution is 0.509. The van der Waals surface area contributed by atoms with Gasteiger partial charge in [-0.3, -0.25) is 4.40 Å². The van der Waals surface area contributed by atoms with Crippen molar-refractivity contribution in [2.75, 3.05) is 0 Å². The zero-order valence-corrected chi connectivity index (χ0v) is 10.5. The highest BCUT2D eigenvalue weighted by molar-refractivity contribution is 9.10. The lowest BCUT2D eigenvalue weighted by atomic mass is 10.2. The van der Waals surface area contributed by atoms with E-state index in [9.17, 15) is 8.78 Å². The van der Waals surface area contributed by atoms with E-state index >= 15 is 0 Å². The number of benzene rings is 1. The normalized spacial score (nSPS) is 11.1. The van der Waals surface area contributed by atoms with Crippen LogP contribution in [-0.2, 0) is 0 Å². The van der Waals surface area contributed by atoms with Gasteiger partial charge in [0.1, 0.15) is 0 Å². The van der Waals surface area contributed by atoms with Crippen LogP contribution in [0.25, 0.3) is 17.0 Å². The lowest BCUT2D eigenvalue weighted by Crippen LogP contribution is -1.91. The molecule has 0 bridgehead atoms. The Morgan fingerprint density at radius 2 is 1.89 bits per heavy atom. The van der Waals surface area contributed by atoms with Gasteiger partial charge in [0, 0.05) is 11.8 Å². The third-order valence-corrected chi connectivity index (χ3v) is 3.18. The monoisotopic (exact) mass is 309 g/mol. The quantitative estimate of drug-likeness (QED) is 0.689. The van der Waals surface area contributed by atoms with Crippen LogP contribution in [0.5, 0.6) is 0 Å². The van der Waals surface area contributed by atoms with Gasteiger partial charge in [0.05, 0.1) is 4.47 Å². The number of fused-ring (bicyclic) bond motifs is 1. The first-order chi connectivity index (χ1) is 8.66. The summed E-state index contributed by atoms with van der Waals surface area (Å²) in [5.41, 5.74) is 1.09. The van der Waals surface area contributed by atoms with E-state index in [1.165, 1.54) is 6.07 Å². The van der Waals surface area contributed by atoms with E-state index in [0.717, 1.165) is 16.6 Å². The molecule has 3 rings (SSSR count). The van der Waals surface area contributed by atoms with E-state index < -0.39 is 11.6 Å². The molecule has 0 aliphatic heterocycles. The molecule has 3 nitrogen and oxygen atoms in total. The Labute approximate surface area is 109 Å². The van der Waals surface area contributed by atoms with Gasteiger partial charge in [0.15, 0.2) is 23.1 Å². The van der Waals surface area contributed by atoms with Crippen LogP contribution in [0.1, 0.15) is 0 Å². The number of halogens is 3. The molecule has 0 aliphatic rings. The summed E-state index contributed by atoms with van der Waals surface area (Å²) < 4.78 is 28.6. The number of rotatable bonds is 1. The molecule has 0 spiro atoms. The summed E-state index contributed by atoms with van der Waals surface area (Å²) in [5, 5.41) is 7.99. The number of aromatic nitrogens is 3. The minimum absolute atomic E-state index is 0.463. The molecule has 1 aromatic carbocycles. The average molecular weight is 310 g/mol. The summed E-state index contributed by atoms with van der Waals surface area (Å²) in [6.45, 7) is 0. The molecular formula is C12H6BrF2N3. The van der Waals surface area contributed by atoms with Crippen LogP contribution in [0.2, 0.25) is 0 Å². The molecule has 0 aliphatic carbocycles. The molecule has 2 aromatic heterocycles. The summed E-state index contributed by atoms with van der Waals surface area (Å²) in [6.07, 6.45) is 1.76. The van der Waals surface area contributed by atoms with Crippen molar-refractivity contribution in [2.45, 2.75) is 0 Å². The summed E-state index contributed by atoms with van der Waals surface area (Å²) in [6, 6.07) is 7.29. The smallest absolute Gasteiger partial charge is 0.175 e. The van der Waals surface area contributed by atoms with Gasteiger partial charge < -0.3 is 0 Å². The molecule has 0 fully saturated rings. The maximum absolute atomic E-state index is 13.2. The molecular weight excluding hydrogens is 304 g/mol. The van der Waals surface area contributed by atoms with E-state index in [0.29, 0.717) is 17.0 Å². The third kappa shape index (κ3) is 1.69. The van der Waals surface area contributed by atoms with Crippen molar-refractivity contribution in [1.29, 1.82) is 0 Å². The lowest BCUT2D eigenvalue weighted by Gasteiger charge is -2.01. The van der Waals surface area contributed by atoms with Crippen molar-refractivity contribution in [1.82, 2.24) is 14.6 Å². The number of hydrogen-bond acceptors (Lipinski definition) is 2. The number of hydrogen-bond donors (Lipinski definition) is 0. The van der Waals surface area contributed by atoms with Gasteiger partial charge in [-0.1, -0.05) is 0 Å². The Morgan fingerprint density at radius 1 is 1.06 bits per heavy atom. The van der Waals surface area contributed by atoms with Gasteiger partial charge in [-0.15, -0.1) is 10.2 Å². The van der Waals surface area contributed by atoms with Crippen molar-refractivity contribution in [3.63, 3.8) is 0 Å². The topological polar surface area (TPSA) is 30.2 Å². The maximum atomic E-state index is 13.2. The van der Waals surface area contributed by atoms with Crippen LogP contribution in [0.15, 0.2) is 41.0 Å². The minimum atomic E-state index is -0.903. The fourth-order valence-electron chi connectivity index (χ4n) is 1.72. The van der Waals surface area contributed by atoms with Crippen molar-refractivity contribution in [3.05, 3.63) is 52.6 Å². The van der Waals surface area contributed by atoms with Crippen molar-refractivity contribution in [3.8, 4) is 11.4 Å². The predicted octanol–water partition coefficient (Wildman–Crippen LogP) is 3.44. The SMILES string of the molecule is Fc1ccc(-c2nnc3c(Br)cccn23)cc1F.